The van der Waals surface area contributed by atoms with Gasteiger partial charge in [-0.2, -0.15) is 0 Å². The molecule has 83 valence electrons. The Balaban J connectivity index is 2.13. The molecule has 3 heterocycles. The molecule has 0 unspecified atom stereocenters. The highest BCUT2D eigenvalue weighted by molar-refractivity contribution is 5.92. The molecule has 0 aliphatic heterocycles. The highest BCUT2D eigenvalue weighted by atomic mass is 16.5. The van der Waals surface area contributed by atoms with Gasteiger partial charge >= 0.3 is 0 Å². The summed E-state index contributed by atoms with van der Waals surface area (Å²) in [7, 11) is 1.61. The first-order valence-electron chi connectivity index (χ1n) is 5.22. The second kappa shape index (κ2) is 3.90. The molecule has 0 fully saturated rings. The van der Waals surface area contributed by atoms with Crippen LogP contribution in [-0.4, -0.2) is 22.1 Å². The van der Waals surface area contributed by atoms with Crippen LogP contribution in [0.4, 0.5) is 0 Å². The van der Waals surface area contributed by atoms with Gasteiger partial charge in [0.1, 0.15) is 11.4 Å². The summed E-state index contributed by atoms with van der Waals surface area (Å²) in [4.78, 5) is 11.7. The van der Waals surface area contributed by atoms with E-state index in [1.807, 2.05) is 18.3 Å². The van der Waals surface area contributed by atoms with Crippen LogP contribution in [-0.2, 0) is 0 Å². The van der Waals surface area contributed by atoms with Gasteiger partial charge in [-0.15, -0.1) is 0 Å². The molecule has 1 N–H and O–H groups in total. The van der Waals surface area contributed by atoms with Crippen LogP contribution < -0.4 is 4.74 Å². The van der Waals surface area contributed by atoms with Crippen LogP contribution in [0.2, 0.25) is 0 Å². The second-order valence-corrected chi connectivity index (χ2v) is 3.60. The fraction of sp³-hybridized carbons (Fsp3) is 0.0769. The Bertz CT molecular complexity index is 643. The number of pyridine rings is 2. The lowest BCUT2D eigenvalue weighted by atomic mass is 10.1. The minimum atomic E-state index is 0.701. The van der Waals surface area contributed by atoms with Crippen LogP contribution >= 0.6 is 0 Å². The molecule has 0 aromatic carbocycles. The monoisotopic (exact) mass is 224 g/mol. The van der Waals surface area contributed by atoms with Crippen molar-refractivity contribution in [3.05, 3.63) is 42.9 Å². The van der Waals surface area contributed by atoms with E-state index in [1.165, 1.54) is 0 Å². The SMILES string of the molecule is COc1c[c]c(-c2c[nH]c3ncccc23)nc1. The summed E-state index contributed by atoms with van der Waals surface area (Å²) in [6.45, 7) is 0. The fourth-order valence-electron chi connectivity index (χ4n) is 1.75. The number of hydrogen-bond acceptors (Lipinski definition) is 3. The highest BCUT2D eigenvalue weighted by Gasteiger charge is 2.07. The molecule has 1 radical (unpaired) electrons. The van der Waals surface area contributed by atoms with E-state index in [-0.39, 0.29) is 0 Å². The zero-order chi connectivity index (χ0) is 11.7. The Morgan fingerprint density at radius 2 is 2.29 bits per heavy atom. The zero-order valence-electron chi connectivity index (χ0n) is 9.27. The maximum absolute atomic E-state index is 5.06. The van der Waals surface area contributed by atoms with Crippen molar-refractivity contribution in [3.8, 4) is 17.0 Å². The van der Waals surface area contributed by atoms with Gasteiger partial charge in [0.15, 0.2) is 0 Å². The standard InChI is InChI=1S/C13H10N3O/c1-17-9-4-5-12(15-7-9)11-8-16-13-10(11)3-2-6-14-13/h2-4,6-8H,1H3,(H,14,16). The summed E-state index contributed by atoms with van der Waals surface area (Å²) in [6, 6.07) is 8.79. The van der Waals surface area contributed by atoms with Gasteiger partial charge in [0, 0.05) is 29.4 Å². The average molecular weight is 224 g/mol. The van der Waals surface area contributed by atoms with Crippen molar-refractivity contribution < 1.29 is 4.74 Å². The van der Waals surface area contributed by atoms with Crippen molar-refractivity contribution in [2.75, 3.05) is 7.11 Å². The summed E-state index contributed by atoms with van der Waals surface area (Å²) in [5, 5.41) is 1.04. The lowest BCUT2D eigenvalue weighted by Crippen LogP contribution is -1.86. The van der Waals surface area contributed by atoms with Gasteiger partial charge in [-0.3, -0.25) is 4.98 Å². The Morgan fingerprint density at radius 1 is 1.35 bits per heavy atom. The molecule has 0 saturated heterocycles. The molecule has 0 aliphatic rings. The number of rotatable bonds is 2. The van der Waals surface area contributed by atoms with Crippen molar-refractivity contribution in [3.63, 3.8) is 0 Å². The molecule has 3 aromatic heterocycles. The number of methoxy groups -OCH3 is 1. The maximum Gasteiger partial charge on any atom is 0.137 e. The first-order chi connectivity index (χ1) is 8.38. The molecule has 0 aliphatic carbocycles. The molecule has 0 amide bonds. The molecular weight excluding hydrogens is 214 g/mol. The number of ether oxygens (including phenoxy) is 1. The van der Waals surface area contributed by atoms with Crippen LogP contribution in [0, 0.1) is 6.07 Å². The van der Waals surface area contributed by atoms with Crippen LogP contribution in [0.1, 0.15) is 0 Å². The minimum Gasteiger partial charge on any atom is -0.495 e. The van der Waals surface area contributed by atoms with E-state index < -0.39 is 0 Å². The van der Waals surface area contributed by atoms with Gasteiger partial charge in [-0.05, 0) is 18.2 Å². The molecule has 17 heavy (non-hydrogen) atoms. The van der Waals surface area contributed by atoms with E-state index >= 15 is 0 Å². The van der Waals surface area contributed by atoms with Gasteiger partial charge in [-0.1, -0.05) is 0 Å². The molecule has 4 nitrogen and oxygen atoms in total. The largest absolute Gasteiger partial charge is 0.495 e. The van der Waals surface area contributed by atoms with Crippen molar-refractivity contribution in [1.29, 1.82) is 0 Å². The predicted octanol–water partition coefficient (Wildman–Crippen LogP) is 2.43. The van der Waals surface area contributed by atoms with Crippen molar-refractivity contribution in [2.24, 2.45) is 0 Å². The number of aromatic amines is 1. The van der Waals surface area contributed by atoms with E-state index in [0.29, 0.717) is 5.75 Å². The van der Waals surface area contributed by atoms with Crippen molar-refractivity contribution >= 4 is 11.0 Å². The highest BCUT2D eigenvalue weighted by Crippen LogP contribution is 2.26. The molecule has 3 rings (SSSR count). The third-order valence-corrected chi connectivity index (χ3v) is 2.61. The molecule has 0 atom stereocenters. The molecular formula is C13H10N3O. The molecule has 3 aromatic rings. The van der Waals surface area contributed by atoms with Gasteiger partial charge in [0.05, 0.1) is 19.0 Å². The fourth-order valence-corrected chi connectivity index (χ4v) is 1.75. The first kappa shape index (κ1) is 9.84. The summed E-state index contributed by atoms with van der Waals surface area (Å²) in [5.74, 6) is 0.701. The quantitative estimate of drug-likeness (QED) is 0.727. The Hall–Kier alpha value is -2.36. The minimum absolute atomic E-state index is 0.701. The smallest absolute Gasteiger partial charge is 0.137 e. The molecule has 0 bridgehead atoms. The summed E-state index contributed by atoms with van der Waals surface area (Å²) >= 11 is 0. The van der Waals surface area contributed by atoms with E-state index in [1.54, 1.807) is 25.6 Å². The van der Waals surface area contributed by atoms with Gasteiger partial charge in [-0.25, -0.2) is 4.98 Å². The van der Waals surface area contributed by atoms with Gasteiger partial charge < -0.3 is 9.72 Å². The number of aromatic nitrogens is 3. The van der Waals surface area contributed by atoms with Crippen LogP contribution in [0.5, 0.6) is 5.75 Å². The number of hydrogen-bond donors (Lipinski definition) is 1. The normalized spacial score (nSPS) is 10.6. The van der Waals surface area contributed by atoms with Crippen molar-refractivity contribution in [1.82, 2.24) is 15.0 Å². The first-order valence-corrected chi connectivity index (χ1v) is 5.22. The number of fused-ring (bicyclic) bond motifs is 1. The number of nitrogens with zero attached hydrogens (tertiary/aromatic N) is 2. The zero-order valence-corrected chi connectivity index (χ0v) is 9.27. The van der Waals surface area contributed by atoms with E-state index in [0.717, 1.165) is 22.3 Å². The maximum atomic E-state index is 5.06. The topological polar surface area (TPSA) is 50.8 Å². The Kier molecular flexibility index (Phi) is 2.26. The third kappa shape index (κ3) is 1.63. The van der Waals surface area contributed by atoms with Crippen LogP contribution in [0.3, 0.4) is 0 Å². The lowest BCUT2D eigenvalue weighted by Gasteiger charge is -2.00. The van der Waals surface area contributed by atoms with E-state index in [4.69, 9.17) is 4.74 Å². The van der Waals surface area contributed by atoms with Crippen LogP contribution in [0.25, 0.3) is 22.3 Å². The molecule has 4 heteroatoms. The average Bonchev–Trinajstić information content (AvgIpc) is 2.83. The predicted molar refractivity (Wildman–Crippen MR) is 64.7 cm³/mol. The lowest BCUT2D eigenvalue weighted by molar-refractivity contribution is 0.413. The number of nitrogens with one attached hydrogen (secondary N) is 1. The van der Waals surface area contributed by atoms with E-state index in [2.05, 4.69) is 21.0 Å². The second-order valence-electron chi connectivity index (χ2n) is 3.60. The van der Waals surface area contributed by atoms with Gasteiger partial charge in [0.2, 0.25) is 0 Å². The number of H-pyrrole nitrogens is 1. The van der Waals surface area contributed by atoms with E-state index in [9.17, 15) is 0 Å². The third-order valence-electron chi connectivity index (χ3n) is 2.61. The van der Waals surface area contributed by atoms with Gasteiger partial charge in [0.25, 0.3) is 0 Å². The Morgan fingerprint density at radius 3 is 3.06 bits per heavy atom. The summed E-state index contributed by atoms with van der Waals surface area (Å²) in [5.41, 5.74) is 2.63. The molecule has 0 saturated carbocycles. The molecule has 0 spiro atoms. The van der Waals surface area contributed by atoms with Crippen LogP contribution in [0.15, 0.2) is 36.8 Å². The summed E-state index contributed by atoms with van der Waals surface area (Å²) < 4.78 is 5.06. The van der Waals surface area contributed by atoms with Crippen molar-refractivity contribution in [2.45, 2.75) is 0 Å². The Labute approximate surface area is 98.3 Å². The summed E-state index contributed by atoms with van der Waals surface area (Å²) in [6.07, 6.45) is 5.33.